The molecule has 0 aromatic carbocycles. The van der Waals surface area contributed by atoms with Gasteiger partial charge in [0.2, 0.25) is 5.78 Å². The van der Waals surface area contributed by atoms with Crippen LogP contribution in [0.2, 0.25) is 0 Å². The van der Waals surface area contributed by atoms with Gasteiger partial charge in [-0.3, -0.25) is 4.79 Å². The van der Waals surface area contributed by atoms with E-state index < -0.39 is 17.5 Å². The number of rotatable bonds is 3. The molecule has 0 unspecified atom stereocenters. The molecule has 5 heteroatoms. The highest BCUT2D eigenvalue weighted by Gasteiger charge is 2.63. The van der Waals surface area contributed by atoms with Crippen LogP contribution >= 0.6 is 0 Å². The molecule has 0 amide bonds. The maximum Gasteiger partial charge on any atom is 0.385 e. The first-order valence-corrected chi connectivity index (χ1v) is 2.77. The number of carboxylic acid groups (broad SMARTS) is 1. The van der Waals surface area contributed by atoms with E-state index in [1.54, 1.807) is 0 Å². The van der Waals surface area contributed by atoms with Crippen molar-refractivity contribution in [1.29, 1.82) is 0 Å². The SMILES string of the molecule is CCC(=O)C1(C(=O)O)OO1. The number of carboxylic acids is 1. The van der Waals surface area contributed by atoms with Crippen molar-refractivity contribution < 1.29 is 24.5 Å². The molecule has 1 heterocycles. The van der Waals surface area contributed by atoms with Gasteiger partial charge in [-0.15, -0.1) is 0 Å². The van der Waals surface area contributed by atoms with E-state index in [-0.39, 0.29) is 6.42 Å². The molecule has 0 radical (unpaired) electrons. The monoisotopic (exact) mass is 146 g/mol. The molecule has 0 spiro atoms. The summed E-state index contributed by atoms with van der Waals surface area (Å²) < 4.78 is 0. The highest BCUT2D eigenvalue weighted by Crippen LogP contribution is 2.31. The van der Waals surface area contributed by atoms with Crippen molar-refractivity contribution in [2.24, 2.45) is 0 Å². The average molecular weight is 146 g/mol. The van der Waals surface area contributed by atoms with Gasteiger partial charge in [0.25, 0.3) is 0 Å². The first-order chi connectivity index (χ1) is 4.63. The van der Waals surface area contributed by atoms with Gasteiger partial charge in [0.1, 0.15) is 0 Å². The minimum absolute atomic E-state index is 0.0896. The van der Waals surface area contributed by atoms with Gasteiger partial charge in [0, 0.05) is 6.42 Å². The molecule has 1 aliphatic heterocycles. The lowest BCUT2D eigenvalue weighted by molar-refractivity contribution is -0.149. The Bertz CT molecular complexity index is 180. The Hall–Kier alpha value is -0.940. The molecule has 0 atom stereocenters. The van der Waals surface area contributed by atoms with Crippen LogP contribution in [0.4, 0.5) is 0 Å². The van der Waals surface area contributed by atoms with Crippen LogP contribution in [0.3, 0.4) is 0 Å². The van der Waals surface area contributed by atoms with Gasteiger partial charge in [-0.05, 0) is 0 Å². The minimum atomic E-state index is -1.96. The van der Waals surface area contributed by atoms with Crippen LogP contribution in [-0.4, -0.2) is 22.6 Å². The molecule has 0 bridgehead atoms. The molecule has 5 nitrogen and oxygen atoms in total. The summed E-state index contributed by atoms with van der Waals surface area (Å²) in [5.41, 5.74) is 0. The highest BCUT2D eigenvalue weighted by molar-refractivity contribution is 6.06. The first kappa shape index (κ1) is 7.17. The molecule has 1 rings (SSSR count). The van der Waals surface area contributed by atoms with E-state index in [9.17, 15) is 9.59 Å². The van der Waals surface area contributed by atoms with Crippen molar-refractivity contribution in [2.45, 2.75) is 19.1 Å². The lowest BCUT2D eigenvalue weighted by Gasteiger charge is -1.94. The zero-order valence-electron chi connectivity index (χ0n) is 5.29. The van der Waals surface area contributed by atoms with Gasteiger partial charge in [0.15, 0.2) is 0 Å². The lowest BCUT2D eigenvalue weighted by atomic mass is 10.1. The standard InChI is InChI=1S/C5H6O5/c1-2-3(6)5(4(7)8)9-10-5/h2H2,1H3,(H,7,8). The largest absolute Gasteiger partial charge is 0.477 e. The van der Waals surface area contributed by atoms with Gasteiger partial charge >= 0.3 is 11.8 Å². The fourth-order valence-corrected chi connectivity index (χ4v) is 0.558. The Balaban J connectivity index is 2.69. The zero-order chi connectivity index (χ0) is 7.78. The molecule has 1 saturated heterocycles. The summed E-state index contributed by atoms with van der Waals surface area (Å²) in [6, 6.07) is 0. The Morgan fingerprint density at radius 1 is 1.50 bits per heavy atom. The third-order valence-electron chi connectivity index (χ3n) is 1.22. The van der Waals surface area contributed by atoms with Gasteiger partial charge in [-0.1, -0.05) is 6.92 Å². The van der Waals surface area contributed by atoms with E-state index in [2.05, 4.69) is 9.78 Å². The summed E-state index contributed by atoms with van der Waals surface area (Å²) in [4.78, 5) is 29.0. The second-order valence-corrected chi connectivity index (χ2v) is 1.87. The smallest absolute Gasteiger partial charge is 0.385 e. The summed E-state index contributed by atoms with van der Waals surface area (Å²) in [7, 11) is 0. The number of ketones is 1. The molecule has 0 aromatic rings. The molecular weight excluding hydrogens is 140 g/mol. The molecule has 1 N–H and O–H groups in total. The molecular formula is C5H6O5. The van der Waals surface area contributed by atoms with Crippen LogP contribution in [-0.2, 0) is 19.4 Å². The average Bonchev–Trinajstić information content (AvgIpc) is 2.65. The maximum absolute atomic E-state index is 10.7. The molecule has 56 valence electrons. The summed E-state index contributed by atoms with van der Waals surface area (Å²) >= 11 is 0. The van der Waals surface area contributed by atoms with Crippen LogP contribution < -0.4 is 0 Å². The Morgan fingerprint density at radius 3 is 2.10 bits per heavy atom. The summed E-state index contributed by atoms with van der Waals surface area (Å²) in [5.74, 6) is -3.92. The van der Waals surface area contributed by atoms with E-state index in [1.807, 2.05) is 0 Å². The second-order valence-electron chi connectivity index (χ2n) is 1.87. The minimum Gasteiger partial charge on any atom is -0.477 e. The second kappa shape index (κ2) is 2.03. The fraction of sp³-hybridized carbons (Fsp3) is 0.600. The number of hydrogen-bond acceptors (Lipinski definition) is 4. The van der Waals surface area contributed by atoms with Gasteiger partial charge in [-0.2, -0.15) is 9.78 Å². The van der Waals surface area contributed by atoms with Crippen LogP contribution in [0, 0.1) is 0 Å². The first-order valence-electron chi connectivity index (χ1n) is 2.77. The van der Waals surface area contributed by atoms with Gasteiger partial charge in [-0.25, -0.2) is 4.79 Å². The van der Waals surface area contributed by atoms with Crippen molar-refractivity contribution >= 4 is 11.8 Å². The molecule has 10 heavy (non-hydrogen) atoms. The van der Waals surface area contributed by atoms with Crippen molar-refractivity contribution in [3.63, 3.8) is 0 Å². The number of aliphatic carboxylic acids is 1. The van der Waals surface area contributed by atoms with Crippen LogP contribution in [0.1, 0.15) is 13.3 Å². The third kappa shape index (κ3) is 0.795. The van der Waals surface area contributed by atoms with E-state index in [0.717, 1.165) is 0 Å². The van der Waals surface area contributed by atoms with Crippen molar-refractivity contribution in [1.82, 2.24) is 0 Å². The van der Waals surface area contributed by atoms with E-state index in [4.69, 9.17) is 5.11 Å². The van der Waals surface area contributed by atoms with E-state index in [0.29, 0.717) is 0 Å². The summed E-state index contributed by atoms with van der Waals surface area (Å²) in [6.45, 7) is 1.54. The normalized spacial score (nSPS) is 20.1. The Morgan fingerprint density at radius 2 is 2.00 bits per heavy atom. The lowest BCUT2D eigenvalue weighted by Crippen LogP contribution is -2.32. The predicted octanol–water partition coefficient (Wildman–Crippen LogP) is -0.292. The predicted molar refractivity (Wildman–Crippen MR) is 27.8 cm³/mol. The Kier molecular flexibility index (Phi) is 1.46. The summed E-state index contributed by atoms with van der Waals surface area (Å²) in [6.07, 6.45) is 0.0896. The highest BCUT2D eigenvalue weighted by atomic mass is 17.4. The van der Waals surface area contributed by atoms with Crippen LogP contribution in [0.15, 0.2) is 0 Å². The van der Waals surface area contributed by atoms with Gasteiger partial charge < -0.3 is 5.11 Å². The molecule has 1 fully saturated rings. The third-order valence-corrected chi connectivity index (χ3v) is 1.22. The number of hydrogen-bond donors (Lipinski definition) is 1. The van der Waals surface area contributed by atoms with Crippen molar-refractivity contribution in [2.75, 3.05) is 0 Å². The maximum atomic E-state index is 10.7. The van der Waals surface area contributed by atoms with Crippen molar-refractivity contribution in [3.05, 3.63) is 0 Å². The van der Waals surface area contributed by atoms with Crippen molar-refractivity contribution in [3.8, 4) is 0 Å². The molecule has 1 aliphatic rings. The molecule has 0 aliphatic carbocycles. The molecule has 0 aromatic heterocycles. The quantitative estimate of drug-likeness (QED) is 0.336. The van der Waals surface area contributed by atoms with Crippen LogP contribution in [0.25, 0.3) is 0 Å². The van der Waals surface area contributed by atoms with E-state index in [1.165, 1.54) is 6.92 Å². The Labute approximate surface area is 56.5 Å². The number of carbonyl (C=O) groups excluding carboxylic acids is 1. The number of carbonyl (C=O) groups is 2. The number of Topliss-reactive ketones (excluding diaryl/α,β-unsaturated/α-hetero) is 1. The topological polar surface area (TPSA) is 79.4 Å². The summed E-state index contributed by atoms with van der Waals surface area (Å²) in [5, 5.41) is 8.33. The molecule has 0 saturated carbocycles. The van der Waals surface area contributed by atoms with Crippen LogP contribution in [0.5, 0.6) is 0 Å². The van der Waals surface area contributed by atoms with E-state index >= 15 is 0 Å². The fourth-order valence-electron chi connectivity index (χ4n) is 0.558. The van der Waals surface area contributed by atoms with Gasteiger partial charge in [0.05, 0.1) is 0 Å². The zero-order valence-corrected chi connectivity index (χ0v) is 5.29.